The topological polar surface area (TPSA) is 48.9 Å². The molecule has 0 saturated carbocycles. The van der Waals surface area contributed by atoms with E-state index in [9.17, 15) is 0 Å². The maximum absolute atomic E-state index is 5.27. The number of aliphatic imine (C=N–C) groups is 1. The van der Waals surface area contributed by atoms with Crippen LogP contribution in [0.2, 0.25) is 0 Å². The SMILES string of the molecule is CCCN1CCC(CNC(=NCc2cccc(OC)c2)NCC)C1. The number of nitrogens with one attached hydrogen (secondary N) is 2. The van der Waals surface area contributed by atoms with Crippen LogP contribution in [0.15, 0.2) is 29.3 Å². The van der Waals surface area contributed by atoms with Crippen molar-refractivity contribution in [3.05, 3.63) is 29.8 Å². The molecule has 1 unspecified atom stereocenters. The number of hydrogen-bond acceptors (Lipinski definition) is 3. The van der Waals surface area contributed by atoms with Crippen LogP contribution in [0.3, 0.4) is 0 Å². The summed E-state index contributed by atoms with van der Waals surface area (Å²) < 4.78 is 5.27. The highest BCUT2D eigenvalue weighted by molar-refractivity contribution is 5.79. The standard InChI is InChI=1S/C19H32N4O/c1-4-10-23-11-9-17(15-23)14-22-19(20-5-2)21-13-16-7-6-8-18(12-16)24-3/h6-8,12,17H,4-5,9-11,13-15H2,1-3H3,(H2,20,21,22). The molecule has 1 fully saturated rings. The third kappa shape index (κ3) is 6.04. The third-order valence-corrected chi connectivity index (χ3v) is 4.37. The predicted octanol–water partition coefficient (Wildman–Crippen LogP) is 2.48. The summed E-state index contributed by atoms with van der Waals surface area (Å²) in [4.78, 5) is 7.26. The van der Waals surface area contributed by atoms with E-state index in [0.29, 0.717) is 6.54 Å². The highest BCUT2D eigenvalue weighted by Crippen LogP contribution is 2.15. The molecule has 0 amide bonds. The van der Waals surface area contributed by atoms with Gasteiger partial charge in [-0.25, -0.2) is 4.99 Å². The minimum absolute atomic E-state index is 0.652. The molecule has 1 aliphatic heterocycles. The van der Waals surface area contributed by atoms with E-state index >= 15 is 0 Å². The summed E-state index contributed by atoms with van der Waals surface area (Å²) in [5.41, 5.74) is 1.15. The van der Waals surface area contributed by atoms with Gasteiger partial charge >= 0.3 is 0 Å². The Morgan fingerprint density at radius 2 is 2.21 bits per heavy atom. The number of benzene rings is 1. The first-order chi connectivity index (χ1) is 11.7. The quantitative estimate of drug-likeness (QED) is 0.567. The zero-order valence-corrected chi connectivity index (χ0v) is 15.3. The van der Waals surface area contributed by atoms with Crippen molar-refractivity contribution in [2.45, 2.75) is 33.2 Å². The maximum Gasteiger partial charge on any atom is 0.191 e. The van der Waals surface area contributed by atoms with Gasteiger partial charge in [0.1, 0.15) is 5.75 Å². The number of methoxy groups -OCH3 is 1. The number of nitrogens with zero attached hydrogens (tertiary/aromatic N) is 2. The Morgan fingerprint density at radius 3 is 2.96 bits per heavy atom. The smallest absolute Gasteiger partial charge is 0.191 e. The molecular formula is C19H32N4O. The van der Waals surface area contributed by atoms with Crippen LogP contribution in [0.5, 0.6) is 5.75 Å². The van der Waals surface area contributed by atoms with Crippen molar-refractivity contribution < 1.29 is 4.74 Å². The van der Waals surface area contributed by atoms with E-state index in [1.165, 1.54) is 32.5 Å². The zero-order valence-electron chi connectivity index (χ0n) is 15.3. The van der Waals surface area contributed by atoms with E-state index in [1.54, 1.807) is 7.11 Å². The molecule has 0 bridgehead atoms. The van der Waals surface area contributed by atoms with Gasteiger partial charge in [0.25, 0.3) is 0 Å². The van der Waals surface area contributed by atoms with Crippen LogP contribution < -0.4 is 15.4 Å². The minimum atomic E-state index is 0.652. The average molecular weight is 332 g/mol. The third-order valence-electron chi connectivity index (χ3n) is 4.37. The van der Waals surface area contributed by atoms with Gasteiger partial charge in [-0.2, -0.15) is 0 Å². The van der Waals surface area contributed by atoms with E-state index in [4.69, 9.17) is 9.73 Å². The fourth-order valence-electron chi connectivity index (χ4n) is 3.12. The largest absolute Gasteiger partial charge is 0.497 e. The van der Waals surface area contributed by atoms with E-state index < -0.39 is 0 Å². The molecule has 1 aromatic rings. The highest BCUT2D eigenvalue weighted by atomic mass is 16.5. The van der Waals surface area contributed by atoms with Gasteiger partial charge < -0.3 is 20.3 Å². The van der Waals surface area contributed by atoms with Gasteiger partial charge in [-0.15, -0.1) is 0 Å². The Morgan fingerprint density at radius 1 is 1.33 bits per heavy atom. The molecule has 0 radical (unpaired) electrons. The Kier molecular flexibility index (Phi) is 7.89. The predicted molar refractivity (Wildman–Crippen MR) is 101 cm³/mol. The lowest BCUT2D eigenvalue weighted by Gasteiger charge is -2.17. The second kappa shape index (κ2) is 10.2. The van der Waals surface area contributed by atoms with Gasteiger partial charge in [0.15, 0.2) is 5.96 Å². The number of hydrogen-bond donors (Lipinski definition) is 2. The Balaban J connectivity index is 1.84. The normalized spacial score (nSPS) is 18.6. The summed E-state index contributed by atoms with van der Waals surface area (Å²) in [7, 11) is 1.69. The Labute approximate surface area is 146 Å². The van der Waals surface area contributed by atoms with Crippen molar-refractivity contribution in [2.75, 3.05) is 39.8 Å². The first kappa shape index (κ1) is 18.6. The summed E-state index contributed by atoms with van der Waals surface area (Å²) >= 11 is 0. The summed E-state index contributed by atoms with van der Waals surface area (Å²) in [5.74, 6) is 2.49. The van der Waals surface area contributed by atoms with E-state index in [0.717, 1.165) is 36.3 Å². The van der Waals surface area contributed by atoms with Crippen LogP contribution in [0.25, 0.3) is 0 Å². The van der Waals surface area contributed by atoms with Gasteiger partial charge in [-0.05, 0) is 56.5 Å². The first-order valence-corrected chi connectivity index (χ1v) is 9.12. The van der Waals surface area contributed by atoms with Crippen LogP contribution in [0.1, 0.15) is 32.3 Å². The lowest BCUT2D eigenvalue weighted by Crippen LogP contribution is -2.40. The molecule has 0 aliphatic carbocycles. The van der Waals surface area contributed by atoms with Gasteiger partial charge in [0, 0.05) is 19.6 Å². The molecular weight excluding hydrogens is 300 g/mol. The monoisotopic (exact) mass is 332 g/mol. The Hall–Kier alpha value is -1.75. The molecule has 1 saturated heterocycles. The fraction of sp³-hybridized carbons (Fsp3) is 0.632. The molecule has 1 aromatic carbocycles. The molecule has 0 aromatic heterocycles. The summed E-state index contributed by atoms with van der Waals surface area (Å²) in [5, 5.41) is 6.84. The van der Waals surface area contributed by atoms with Crippen LogP contribution in [0.4, 0.5) is 0 Å². The number of ether oxygens (including phenoxy) is 1. The van der Waals surface area contributed by atoms with Crippen molar-refractivity contribution in [3.63, 3.8) is 0 Å². The molecule has 2 rings (SSSR count). The van der Waals surface area contributed by atoms with Crippen LogP contribution in [-0.4, -0.2) is 50.7 Å². The van der Waals surface area contributed by atoms with Crippen molar-refractivity contribution in [2.24, 2.45) is 10.9 Å². The summed E-state index contributed by atoms with van der Waals surface area (Å²) in [6, 6.07) is 8.07. The van der Waals surface area contributed by atoms with Gasteiger partial charge in [0.2, 0.25) is 0 Å². The molecule has 0 spiro atoms. The van der Waals surface area contributed by atoms with Gasteiger partial charge in [0.05, 0.1) is 13.7 Å². The summed E-state index contributed by atoms with van der Waals surface area (Å²) in [6.07, 6.45) is 2.52. The lowest BCUT2D eigenvalue weighted by atomic mass is 10.1. The molecule has 134 valence electrons. The zero-order chi connectivity index (χ0) is 17.2. The molecule has 5 nitrogen and oxygen atoms in total. The molecule has 2 N–H and O–H groups in total. The van der Waals surface area contributed by atoms with Gasteiger partial charge in [-0.1, -0.05) is 19.1 Å². The first-order valence-electron chi connectivity index (χ1n) is 9.12. The second-order valence-corrected chi connectivity index (χ2v) is 6.38. The minimum Gasteiger partial charge on any atom is -0.497 e. The van der Waals surface area contributed by atoms with E-state index in [1.807, 2.05) is 18.2 Å². The number of likely N-dealkylation sites (tertiary alicyclic amines) is 1. The lowest BCUT2D eigenvalue weighted by molar-refractivity contribution is 0.324. The molecule has 24 heavy (non-hydrogen) atoms. The maximum atomic E-state index is 5.27. The van der Waals surface area contributed by atoms with Crippen LogP contribution >= 0.6 is 0 Å². The second-order valence-electron chi connectivity index (χ2n) is 6.38. The van der Waals surface area contributed by atoms with Crippen LogP contribution in [0, 0.1) is 5.92 Å². The summed E-state index contributed by atoms with van der Waals surface area (Å²) in [6.45, 7) is 10.5. The van der Waals surface area contributed by atoms with E-state index in [2.05, 4.69) is 35.4 Å². The number of rotatable bonds is 8. The number of guanidine groups is 1. The fourth-order valence-corrected chi connectivity index (χ4v) is 3.12. The molecule has 1 aliphatic rings. The van der Waals surface area contributed by atoms with Crippen molar-refractivity contribution >= 4 is 5.96 Å². The van der Waals surface area contributed by atoms with Crippen molar-refractivity contribution in [1.82, 2.24) is 15.5 Å². The van der Waals surface area contributed by atoms with Crippen molar-refractivity contribution in [3.8, 4) is 5.75 Å². The van der Waals surface area contributed by atoms with E-state index in [-0.39, 0.29) is 0 Å². The van der Waals surface area contributed by atoms with Gasteiger partial charge in [-0.3, -0.25) is 0 Å². The molecule has 5 heteroatoms. The molecule has 1 atom stereocenters. The van der Waals surface area contributed by atoms with Crippen molar-refractivity contribution in [1.29, 1.82) is 0 Å². The van der Waals surface area contributed by atoms with Crippen LogP contribution in [-0.2, 0) is 6.54 Å². The Bertz CT molecular complexity index is 518. The molecule has 1 heterocycles. The average Bonchev–Trinajstić information content (AvgIpc) is 3.05. The highest BCUT2D eigenvalue weighted by Gasteiger charge is 2.21.